The largest absolute Gasteiger partial charge is 0.334 e. The average molecular weight is 414 g/mol. The van der Waals surface area contributed by atoms with Crippen molar-refractivity contribution in [2.45, 2.75) is 38.1 Å². The van der Waals surface area contributed by atoms with Gasteiger partial charge in [-0.05, 0) is 36.2 Å². The quantitative estimate of drug-likeness (QED) is 0.697. The molecule has 0 atom stereocenters. The van der Waals surface area contributed by atoms with Gasteiger partial charge in [0.15, 0.2) is 0 Å². The zero-order valence-corrected chi connectivity index (χ0v) is 17.2. The predicted molar refractivity (Wildman–Crippen MR) is 105 cm³/mol. The normalized spacial score (nSPS) is 11.6. The number of thiophene rings is 1. The van der Waals surface area contributed by atoms with Gasteiger partial charge in [0, 0.05) is 24.5 Å². The Labute approximate surface area is 163 Å². The number of carbonyl (C=O) groups is 1. The average Bonchev–Trinajstić information content (AvgIpc) is 3.11. The van der Waals surface area contributed by atoms with Gasteiger partial charge >= 0.3 is 6.03 Å². The molecule has 0 radical (unpaired) electrons. The molecule has 2 N–H and O–H groups in total. The summed E-state index contributed by atoms with van der Waals surface area (Å²) in [6.45, 7) is 6.59. The Kier molecular flexibility index (Phi) is 7.34. The first-order valence-corrected chi connectivity index (χ1v) is 10.9. The summed E-state index contributed by atoms with van der Waals surface area (Å²) in [5, 5.41) is 5.39. The minimum Gasteiger partial charge on any atom is -0.334 e. The lowest BCUT2D eigenvalue weighted by Crippen LogP contribution is -2.34. The van der Waals surface area contributed by atoms with E-state index in [4.69, 9.17) is 0 Å². The second-order valence-electron chi connectivity index (χ2n) is 5.93. The first kappa shape index (κ1) is 21.3. The van der Waals surface area contributed by atoms with E-state index < -0.39 is 10.0 Å². The molecule has 0 aliphatic heterocycles. The Bertz CT molecular complexity index is 893. The van der Waals surface area contributed by atoms with Gasteiger partial charge in [-0.25, -0.2) is 17.6 Å². The van der Waals surface area contributed by atoms with Gasteiger partial charge in [0.05, 0.1) is 6.54 Å². The van der Waals surface area contributed by atoms with E-state index in [2.05, 4.69) is 10.6 Å². The third-order valence-electron chi connectivity index (χ3n) is 4.04. The van der Waals surface area contributed by atoms with Crippen LogP contribution in [0.1, 0.15) is 29.9 Å². The Balaban J connectivity index is 1.88. The summed E-state index contributed by atoms with van der Waals surface area (Å²) >= 11 is 1.15. The molecule has 0 saturated carbocycles. The van der Waals surface area contributed by atoms with E-state index in [1.165, 1.54) is 10.4 Å². The van der Waals surface area contributed by atoms with Crippen molar-refractivity contribution in [1.29, 1.82) is 0 Å². The first-order valence-electron chi connectivity index (χ1n) is 8.63. The molecule has 1 heterocycles. The number of halogens is 1. The molecular formula is C18H24FN3O3S2. The maximum Gasteiger partial charge on any atom is 0.315 e. The Morgan fingerprint density at radius 1 is 1.11 bits per heavy atom. The van der Waals surface area contributed by atoms with Gasteiger partial charge in [0.25, 0.3) is 10.0 Å². The Morgan fingerprint density at radius 3 is 2.41 bits per heavy atom. The van der Waals surface area contributed by atoms with Crippen LogP contribution in [0.5, 0.6) is 0 Å². The predicted octanol–water partition coefficient (Wildman–Crippen LogP) is 3.23. The van der Waals surface area contributed by atoms with Crippen molar-refractivity contribution in [2.24, 2.45) is 0 Å². The van der Waals surface area contributed by atoms with Gasteiger partial charge in [-0.15, -0.1) is 11.3 Å². The molecule has 148 valence electrons. The summed E-state index contributed by atoms with van der Waals surface area (Å²) in [5.41, 5.74) is 1.32. The number of urea groups is 1. The van der Waals surface area contributed by atoms with Crippen molar-refractivity contribution < 1.29 is 17.6 Å². The second kappa shape index (κ2) is 9.29. The lowest BCUT2D eigenvalue weighted by molar-refractivity contribution is 0.240. The van der Waals surface area contributed by atoms with Crippen LogP contribution in [-0.2, 0) is 23.1 Å². The van der Waals surface area contributed by atoms with E-state index in [1.54, 1.807) is 45.0 Å². The van der Waals surface area contributed by atoms with Gasteiger partial charge in [-0.1, -0.05) is 26.0 Å². The summed E-state index contributed by atoms with van der Waals surface area (Å²) in [6.07, 6.45) is 0. The van der Waals surface area contributed by atoms with Crippen LogP contribution in [0.3, 0.4) is 0 Å². The molecule has 0 saturated heterocycles. The highest BCUT2D eigenvalue weighted by Crippen LogP contribution is 2.24. The Morgan fingerprint density at radius 2 is 1.78 bits per heavy atom. The lowest BCUT2D eigenvalue weighted by atomic mass is 10.1. The van der Waals surface area contributed by atoms with E-state index in [0.717, 1.165) is 21.8 Å². The molecule has 0 bridgehead atoms. The van der Waals surface area contributed by atoms with Crippen molar-refractivity contribution >= 4 is 27.4 Å². The smallest absolute Gasteiger partial charge is 0.315 e. The molecule has 9 heteroatoms. The number of hydrogen-bond acceptors (Lipinski definition) is 4. The molecule has 0 aliphatic carbocycles. The number of hydrogen-bond donors (Lipinski definition) is 2. The molecule has 27 heavy (non-hydrogen) atoms. The molecule has 0 fully saturated rings. The molecule has 1 aromatic carbocycles. The Hall–Kier alpha value is -1.97. The van der Waals surface area contributed by atoms with E-state index in [-0.39, 0.29) is 29.1 Å². The van der Waals surface area contributed by atoms with Gasteiger partial charge in [-0.2, -0.15) is 4.31 Å². The molecule has 0 spiro atoms. The highest BCUT2D eigenvalue weighted by atomic mass is 32.2. The van der Waals surface area contributed by atoms with Crippen LogP contribution in [-0.4, -0.2) is 31.8 Å². The highest BCUT2D eigenvalue weighted by Gasteiger charge is 2.23. The summed E-state index contributed by atoms with van der Waals surface area (Å²) < 4.78 is 39.8. The maximum absolute atomic E-state index is 13.2. The number of nitrogens with one attached hydrogen (secondary N) is 2. The fourth-order valence-electron chi connectivity index (χ4n) is 2.51. The van der Waals surface area contributed by atoms with Gasteiger partial charge in [0.2, 0.25) is 0 Å². The fraction of sp³-hybridized carbons (Fsp3) is 0.389. The number of rotatable bonds is 8. The van der Waals surface area contributed by atoms with E-state index >= 15 is 0 Å². The number of nitrogens with zero attached hydrogens (tertiary/aromatic N) is 1. The first-order chi connectivity index (χ1) is 12.8. The number of amides is 2. The van der Waals surface area contributed by atoms with Crippen LogP contribution < -0.4 is 10.6 Å². The third-order valence-corrected chi connectivity index (χ3v) is 7.64. The van der Waals surface area contributed by atoms with E-state index in [0.29, 0.717) is 18.7 Å². The minimum absolute atomic E-state index is 0.229. The fourth-order valence-corrected chi connectivity index (χ4v) is 5.42. The molecular weight excluding hydrogens is 389 g/mol. The van der Waals surface area contributed by atoms with Crippen LogP contribution in [0.15, 0.2) is 34.5 Å². The third kappa shape index (κ3) is 5.50. The van der Waals surface area contributed by atoms with Crippen molar-refractivity contribution in [3.05, 3.63) is 52.2 Å². The summed E-state index contributed by atoms with van der Waals surface area (Å²) in [4.78, 5) is 12.7. The number of aryl methyl sites for hydroxylation is 1. The maximum atomic E-state index is 13.2. The summed E-state index contributed by atoms with van der Waals surface area (Å²) in [6, 6.07) is 7.55. The van der Waals surface area contributed by atoms with Crippen molar-refractivity contribution in [3.63, 3.8) is 0 Å². The molecule has 0 aliphatic rings. The summed E-state index contributed by atoms with van der Waals surface area (Å²) in [5.74, 6) is -0.281. The second-order valence-corrected chi connectivity index (χ2v) is 9.26. The molecule has 0 unspecified atom stereocenters. The zero-order chi connectivity index (χ0) is 20.0. The minimum atomic E-state index is -3.48. The van der Waals surface area contributed by atoms with Crippen molar-refractivity contribution in [2.75, 3.05) is 13.1 Å². The zero-order valence-electron chi connectivity index (χ0n) is 15.6. The van der Waals surface area contributed by atoms with Crippen LogP contribution in [0.4, 0.5) is 9.18 Å². The van der Waals surface area contributed by atoms with E-state index in [9.17, 15) is 17.6 Å². The standard InChI is InChI=1S/C18H24FN3O3S2/c1-4-22(5-2)27(24,25)17-9-7-15(26-17)12-21-18(23)20-11-14-6-8-16(19)13(3)10-14/h6-10H,4-5,11-12H2,1-3H3,(H2,20,21,23). The van der Waals surface area contributed by atoms with Gasteiger partial charge in [0.1, 0.15) is 10.0 Å². The number of carbonyl (C=O) groups excluding carboxylic acids is 1. The molecule has 2 aromatic rings. The van der Waals surface area contributed by atoms with Gasteiger partial charge < -0.3 is 10.6 Å². The molecule has 6 nitrogen and oxygen atoms in total. The van der Waals surface area contributed by atoms with Crippen molar-refractivity contribution in [3.8, 4) is 0 Å². The monoisotopic (exact) mass is 413 g/mol. The van der Waals surface area contributed by atoms with Gasteiger partial charge in [-0.3, -0.25) is 0 Å². The molecule has 2 amide bonds. The number of benzene rings is 1. The molecule has 1 aromatic heterocycles. The van der Waals surface area contributed by atoms with Crippen LogP contribution >= 0.6 is 11.3 Å². The van der Waals surface area contributed by atoms with Crippen LogP contribution in [0.2, 0.25) is 0 Å². The van der Waals surface area contributed by atoms with Crippen LogP contribution in [0, 0.1) is 12.7 Å². The number of sulfonamides is 1. The topological polar surface area (TPSA) is 78.5 Å². The molecule has 2 rings (SSSR count). The van der Waals surface area contributed by atoms with Crippen molar-refractivity contribution in [1.82, 2.24) is 14.9 Å². The lowest BCUT2D eigenvalue weighted by Gasteiger charge is -2.16. The SMILES string of the molecule is CCN(CC)S(=O)(=O)c1ccc(CNC(=O)NCc2ccc(F)c(C)c2)s1. The van der Waals surface area contributed by atoms with Crippen LogP contribution in [0.25, 0.3) is 0 Å². The summed E-state index contributed by atoms with van der Waals surface area (Å²) in [7, 11) is -3.48. The highest BCUT2D eigenvalue weighted by molar-refractivity contribution is 7.91. The van der Waals surface area contributed by atoms with E-state index in [1.807, 2.05) is 0 Å².